The molecule has 5 aromatic heterocycles. The van der Waals surface area contributed by atoms with E-state index in [1.165, 1.54) is 57.8 Å². The lowest BCUT2D eigenvalue weighted by Gasteiger charge is -2.17. The first-order valence-electron chi connectivity index (χ1n) is 11.6. The maximum atomic E-state index is 15.3. The molecule has 1 aromatic carbocycles. The highest BCUT2D eigenvalue weighted by atomic mass is 35.5. The SMILES string of the molecule is [O-][n+]1cc(-c2c(-n3cnnn3)ccc(Cl)c2F)ccc1[C@H](Cc1nccs1)n1cc(-c2ccnn2C(F)F)cn1. The number of tetrazole rings is 1. The molecule has 6 aromatic rings. The maximum absolute atomic E-state index is 15.3. The Morgan fingerprint density at radius 1 is 1.07 bits per heavy atom. The number of halogens is 4. The summed E-state index contributed by atoms with van der Waals surface area (Å²) in [6.07, 6.45) is 8.71. The highest BCUT2D eigenvalue weighted by molar-refractivity contribution is 7.09. The van der Waals surface area contributed by atoms with E-state index in [1.54, 1.807) is 36.0 Å². The minimum absolute atomic E-state index is 0.0362. The van der Waals surface area contributed by atoms with Crippen molar-refractivity contribution in [2.45, 2.75) is 19.0 Å². The first-order chi connectivity index (χ1) is 19.4. The Morgan fingerprint density at radius 3 is 2.67 bits per heavy atom. The smallest absolute Gasteiger partial charge is 0.333 e. The molecule has 11 nitrogen and oxygen atoms in total. The van der Waals surface area contributed by atoms with Crippen LogP contribution in [0, 0.1) is 11.0 Å². The van der Waals surface area contributed by atoms with E-state index >= 15 is 4.39 Å². The second-order valence-corrected chi connectivity index (χ2v) is 9.86. The first-order valence-corrected chi connectivity index (χ1v) is 12.9. The second kappa shape index (κ2) is 10.5. The Labute approximate surface area is 232 Å². The molecule has 0 aliphatic carbocycles. The van der Waals surface area contributed by atoms with Gasteiger partial charge in [-0.3, -0.25) is 4.68 Å². The van der Waals surface area contributed by atoms with Gasteiger partial charge in [0.15, 0.2) is 12.0 Å². The van der Waals surface area contributed by atoms with Crippen molar-refractivity contribution in [1.29, 1.82) is 0 Å². The van der Waals surface area contributed by atoms with Gasteiger partial charge >= 0.3 is 6.55 Å². The quantitative estimate of drug-likeness (QED) is 0.191. The van der Waals surface area contributed by atoms with E-state index < -0.39 is 18.4 Å². The van der Waals surface area contributed by atoms with Crippen LogP contribution < -0.4 is 4.73 Å². The normalized spacial score (nSPS) is 12.3. The van der Waals surface area contributed by atoms with Gasteiger partial charge in [0.1, 0.15) is 12.4 Å². The highest BCUT2D eigenvalue weighted by Crippen LogP contribution is 2.34. The molecule has 0 aliphatic heterocycles. The molecule has 1 atom stereocenters. The highest BCUT2D eigenvalue weighted by Gasteiger charge is 2.27. The van der Waals surface area contributed by atoms with E-state index in [-0.39, 0.29) is 39.6 Å². The Morgan fingerprint density at radius 2 is 1.95 bits per heavy atom. The number of benzene rings is 1. The Balaban J connectivity index is 1.43. The molecular formula is C24H16ClF3N10OS. The van der Waals surface area contributed by atoms with Gasteiger partial charge < -0.3 is 5.21 Å². The molecule has 0 fully saturated rings. The van der Waals surface area contributed by atoms with Crippen molar-refractivity contribution in [3.63, 3.8) is 0 Å². The minimum Gasteiger partial charge on any atom is -0.618 e. The number of hydrogen-bond donors (Lipinski definition) is 0. The third-order valence-corrected chi connectivity index (χ3v) is 7.26. The summed E-state index contributed by atoms with van der Waals surface area (Å²) in [6, 6.07) is 6.83. The Kier molecular flexibility index (Phi) is 6.73. The fraction of sp³-hybridized carbons (Fsp3) is 0.125. The molecule has 6 rings (SSSR count). The van der Waals surface area contributed by atoms with Gasteiger partial charge in [0.05, 0.1) is 38.7 Å². The topological polar surface area (TPSA) is 119 Å². The van der Waals surface area contributed by atoms with E-state index in [4.69, 9.17) is 11.6 Å². The molecule has 0 saturated heterocycles. The number of pyridine rings is 1. The van der Waals surface area contributed by atoms with Crippen LogP contribution in [0.2, 0.25) is 5.02 Å². The van der Waals surface area contributed by atoms with Crippen LogP contribution in [-0.2, 0) is 6.42 Å². The van der Waals surface area contributed by atoms with Crippen molar-refractivity contribution in [3.05, 3.63) is 99.8 Å². The van der Waals surface area contributed by atoms with Crippen molar-refractivity contribution >= 4 is 22.9 Å². The summed E-state index contributed by atoms with van der Waals surface area (Å²) in [7, 11) is 0. The molecule has 0 aliphatic rings. The first kappa shape index (κ1) is 25.6. The molecule has 0 saturated carbocycles. The fourth-order valence-corrected chi connectivity index (χ4v) is 5.18. The molecule has 0 radical (unpaired) electrons. The minimum atomic E-state index is -2.83. The standard InChI is InChI=1S/C24H16ClF3N10OS/c25-16-2-4-19(36-13-30-33-34-36)22(23(16)26)14-1-3-18(37(39)12-14)20(9-21-29-7-8-40-21)35-11-15(10-32-35)17-5-6-31-38(17)24(27)28/h1-8,10-13,20,24H,9H2/t20-/m0/s1. The maximum Gasteiger partial charge on any atom is 0.333 e. The Hall–Kier alpha value is -4.63. The van der Waals surface area contributed by atoms with Crippen LogP contribution in [0.25, 0.3) is 28.1 Å². The van der Waals surface area contributed by atoms with E-state index in [0.717, 1.165) is 5.01 Å². The largest absolute Gasteiger partial charge is 0.618 e. The van der Waals surface area contributed by atoms with E-state index in [0.29, 0.717) is 15.0 Å². The number of nitrogens with zero attached hydrogens (tertiary/aromatic N) is 10. The lowest BCUT2D eigenvalue weighted by molar-refractivity contribution is -0.615. The number of aromatic nitrogens is 10. The average molecular weight is 585 g/mol. The van der Waals surface area contributed by atoms with Crippen molar-refractivity contribution < 1.29 is 17.9 Å². The molecule has 16 heteroatoms. The zero-order chi connectivity index (χ0) is 27.8. The van der Waals surface area contributed by atoms with Gasteiger partial charge in [-0.05, 0) is 34.7 Å². The lowest BCUT2D eigenvalue weighted by atomic mass is 10.0. The predicted octanol–water partition coefficient (Wildman–Crippen LogP) is 4.50. The summed E-state index contributed by atoms with van der Waals surface area (Å²) in [4.78, 5) is 4.32. The summed E-state index contributed by atoms with van der Waals surface area (Å²) in [5.74, 6) is -0.742. The van der Waals surface area contributed by atoms with Crippen molar-refractivity contribution in [1.82, 2.24) is 44.8 Å². The van der Waals surface area contributed by atoms with E-state index in [9.17, 15) is 14.0 Å². The number of thiazole rings is 1. The van der Waals surface area contributed by atoms with Crippen LogP contribution in [0.4, 0.5) is 13.2 Å². The molecular weight excluding hydrogens is 569 g/mol. The molecule has 0 bridgehead atoms. The molecule has 0 unspecified atom stereocenters. The molecule has 0 amide bonds. The van der Waals surface area contributed by atoms with Crippen LogP contribution in [0.1, 0.15) is 23.3 Å². The summed E-state index contributed by atoms with van der Waals surface area (Å²) in [5, 5.41) is 34.9. The van der Waals surface area contributed by atoms with Crippen LogP contribution in [0.3, 0.4) is 0 Å². The van der Waals surface area contributed by atoms with Gasteiger partial charge in [0.2, 0.25) is 5.69 Å². The molecule has 5 heterocycles. The van der Waals surface area contributed by atoms with Gasteiger partial charge in [-0.2, -0.15) is 28.4 Å². The van der Waals surface area contributed by atoms with E-state index in [2.05, 4.69) is 30.7 Å². The zero-order valence-electron chi connectivity index (χ0n) is 20.1. The lowest BCUT2D eigenvalue weighted by Crippen LogP contribution is -2.36. The summed E-state index contributed by atoms with van der Waals surface area (Å²) in [5.41, 5.74) is 1.39. The third kappa shape index (κ3) is 4.69. The summed E-state index contributed by atoms with van der Waals surface area (Å²) >= 11 is 7.46. The summed E-state index contributed by atoms with van der Waals surface area (Å²) < 4.78 is 46.0. The summed E-state index contributed by atoms with van der Waals surface area (Å²) in [6.45, 7) is -2.83. The number of alkyl halides is 2. The number of hydrogen-bond acceptors (Lipinski definition) is 8. The van der Waals surface area contributed by atoms with Gasteiger partial charge in [-0.1, -0.05) is 11.6 Å². The van der Waals surface area contributed by atoms with Crippen molar-refractivity contribution in [2.75, 3.05) is 0 Å². The van der Waals surface area contributed by atoms with Gasteiger partial charge in [0.25, 0.3) is 0 Å². The average Bonchev–Trinajstić information content (AvgIpc) is 3.75. The van der Waals surface area contributed by atoms with Gasteiger partial charge in [0, 0.05) is 42.0 Å². The van der Waals surface area contributed by atoms with Crippen molar-refractivity contribution in [2.24, 2.45) is 0 Å². The van der Waals surface area contributed by atoms with Crippen LogP contribution >= 0.6 is 22.9 Å². The van der Waals surface area contributed by atoms with Crippen molar-refractivity contribution in [3.8, 4) is 28.1 Å². The molecule has 0 spiro atoms. The monoisotopic (exact) mass is 584 g/mol. The third-order valence-electron chi connectivity index (χ3n) is 6.17. The molecule has 0 N–H and O–H groups in total. The predicted molar refractivity (Wildman–Crippen MR) is 137 cm³/mol. The van der Waals surface area contributed by atoms with Crippen LogP contribution in [0.15, 0.2) is 73.0 Å². The van der Waals surface area contributed by atoms with Gasteiger partial charge in [-0.15, -0.1) is 16.4 Å². The van der Waals surface area contributed by atoms with Crippen LogP contribution in [0.5, 0.6) is 0 Å². The Bertz CT molecular complexity index is 1770. The van der Waals surface area contributed by atoms with Gasteiger partial charge in [-0.25, -0.2) is 14.1 Å². The molecule has 40 heavy (non-hydrogen) atoms. The van der Waals surface area contributed by atoms with E-state index in [1.807, 2.05) is 0 Å². The second-order valence-electron chi connectivity index (χ2n) is 8.47. The molecule has 202 valence electrons. The fourth-order valence-electron chi connectivity index (χ4n) is 4.37. The van der Waals surface area contributed by atoms with Crippen LogP contribution in [-0.4, -0.2) is 44.8 Å². The number of rotatable bonds is 8. The zero-order valence-corrected chi connectivity index (χ0v) is 21.7.